The van der Waals surface area contributed by atoms with E-state index in [1.54, 1.807) is 6.20 Å². The molecule has 6 heteroatoms. The van der Waals surface area contributed by atoms with Crippen LogP contribution in [0.15, 0.2) is 39.4 Å². The minimum atomic E-state index is 0.138. The van der Waals surface area contributed by atoms with Gasteiger partial charge in [0.1, 0.15) is 0 Å². The van der Waals surface area contributed by atoms with E-state index in [1.165, 1.54) is 0 Å². The molecule has 23 heavy (non-hydrogen) atoms. The zero-order chi connectivity index (χ0) is 16.2. The molecular formula is C17H20BrN3O2. The fourth-order valence-corrected chi connectivity index (χ4v) is 3.46. The molecule has 1 amide bonds. The number of nitrogens with two attached hydrogens (primary N) is 1. The first-order chi connectivity index (χ1) is 11.2. The second kappa shape index (κ2) is 7.27. The maximum atomic E-state index is 12.3. The summed E-state index contributed by atoms with van der Waals surface area (Å²) in [4.78, 5) is 18.5. The number of hydrogen-bond acceptors (Lipinski definition) is 4. The summed E-state index contributed by atoms with van der Waals surface area (Å²) in [7, 11) is 0. The number of carbonyl (C=O) groups excluding carboxylic acids is 1. The third-order valence-corrected chi connectivity index (χ3v) is 4.91. The topological polar surface area (TPSA) is 72.4 Å². The normalized spacial score (nSPS) is 17.7. The minimum Gasteiger partial charge on any atom is -0.441 e. The quantitative estimate of drug-likeness (QED) is 0.868. The van der Waals surface area contributed by atoms with Gasteiger partial charge in [0, 0.05) is 42.0 Å². The van der Waals surface area contributed by atoms with Gasteiger partial charge < -0.3 is 15.1 Å². The molecule has 1 saturated heterocycles. The average molecular weight is 378 g/mol. The number of likely N-dealkylation sites (tertiary alicyclic amines) is 1. The standard InChI is InChI=1S/C17H20BrN3O2/c18-14-6-2-1-5-13(14)15-11-20-16(23-15)7-8-17(22)21-9-3-4-12(21)10-19/h1-2,5-6,11-12H,3-4,7-10,19H2/t12-/m1/s1. The summed E-state index contributed by atoms with van der Waals surface area (Å²) in [6.45, 7) is 1.35. The SMILES string of the molecule is NC[C@H]1CCCN1C(=O)CCc1ncc(-c2ccccc2Br)o1. The Kier molecular flexibility index (Phi) is 5.13. The molecule has 3 rings (SSSR count). The zero-order valence-corrected chi connectivity index (χ0v) is 14.5. The van der Waals surface area contributed by atoms with E-state index in [0.717, 1.165) is 29.4 Å². The zero-order valence-electron chi connectivity index (χ0n) is 12.9. The van der Waals surface area contributed by atoms with Gasteiger partial charge in [-0.25, -0.2) is 4.98 Å². The summed E-state index contributed by atoms with van der Waals surface area (Å²) in [5.74, 6) is 1.44. The molecule has 1 fully saturated rings. The number of nitrogens with zero attached hydrogens (tertiary/aromatic N) is 2. The van der Waals surface area contributed by atoms with Gasteiger partial charge in [-0.05, 0) is 18.9 Å². The van der Waals surface area contributed by atoms with Crippen LogP contribution in [0.25, 0.3) is 11.3 Å². The Hall–Kier alpha value is -1.66. The molecule has 0 saturated carbocycles. The Bertz CT molecular complexity index is 686. The van der Waals surface area contributed by atoms with E-state index >= 15 is 0 Å². The van der Waals surface area contributed by atoms with E-state index in [0.29, 0.717) is 31.0 Å². The van der Waals surface area contributed by atoms with Crippen molar-refractivity contribution in [3.8, 4) is 11.3 Å². The second-order valence-electron chi connectivity index (χ2n) is 5.72. The molecule has 2 N–H and O–H groups in total. The Morgan fingerprint density at radius 1 is 1.43 bits per heavy atom. The van der Waals surface area contributed by atoms with Crippen LogP contribution in [0.1, 0.15) is 25.2 Å². The van der Waals surface area contributed by atoms with Crippen molar-refractivity contribution >= 4 is 21.8 Å². The molecule has 122 valence electrons. The highest BCUT2D eigenvalue weighted by Gasteiger charge is 2.27. The van der Waals surface area contributed by atoms with E-state index in [9.17, 15) is 4.79 Å². The summed E-state index contributed by atoms with van der Waals surface area (Å²) in [5, 5.41) is 0. The molecule has 1 aromatic heterocycles. The number of halogens is 1. The second-order valence-corrected chi connectivity index (χ2v) is 6.57. The summed E-state index contributed by atoms with van der Waals surface area (Å²) in [6, 6.07) is 8.03. The van der Waals surface area contributed by atoms with Crippen molar-refractivity contribution < 1.29 is 9.21 Å². The van der Waals surface area contributed by atoms with Crippen LogP contribution in [-0.4, -0.2) is 34.9 Å². The lowest BCUT2D eigenvalue weighted by Crippen LogP contribution is -2.40. The van der Waals surface area contributed by atoms with Crippen LogP contribution < -0.4 is 5.73 Å². The number of carbonyl (C=O) groups is 1. The average Bonchev–Trinajstić information content (AvgIpc) is 3.22. The molecule has 2 heterocycles. The van der Waals surface area contributed by atoms with Gasteiger partial charge in [0.05, 0.1) is 6.20 Å². The lowest BCUT2D eigenvalue weighted by atomic mass is 10.2. The van der Waals surface area contributed by atoms with Crippen molar-refractivity contribution in [2.75, 3.05) is 13.1 Å². The smallest absolute Gasteiger partial charge is 0.223 e. The Morgan fingerprint density at radius 3 is 3.04 bits per heavy atom. The van der Waals surface area contributed by atoms with E-state index in [-0.39, 0.29) is 11.9 Å². The maximum Gasteiger partial charge on any atom is 0.223 e. The molecule has 1 aliphatic rings. The largest absolute Gasteiger partial charge is 0.441 e. The van der Waals surface area contributed by atoms with Crippen LogP contribution in [0.4, 0.5) is 0 Å². The summed E-state index contributed by atoms with van der Waals surface area (Å²) < 4.78 is 6.74. The first-order valence-electron chi connectivity index (χ1n) is 7.88. The van der Waals surface area contributed by atoms with Gasteiger partial charge in [-0.15, -0.1) is 0 Å². The van der Waals surface area contributed by atoms with Gasteiger partial charge in [0.2, 0.25) is 5.91 Å². The molecule has 1 aromatic carbocycles. The molecule has 0 aliphatic carbocycles. The van der Waals surface area contributed by atoms with E-state index in [4.69, 9.17) is 10.2 Å². The monoisotopic (exact) mass is 377 g/mol. The molecule has 5 nitrogen and oxygen atoms in total. The third kappa shape index (κ3) is 3.64. The molecule has 1 atom stereocenters. The number of aromatic nitrogens is 1. The predicted octanol–water partition coefficient (Wildman–Crippen LogP) is 2.99. The summed E-state index contributed by atoms with van der Waals surface area (Å²) in [6.07, 6.45) is 4.67. The number of hydrogen-bond donors (Lipinski definition) is 1. The van der Waals surface area contributed by atoms with Gasteiger partial charge in [0.15, 0.2) is 11.7 Å². The van der Waals surface area contributed by atoms with Gasteiger partial charge in [0.25, 0.3) is 0 Å². The Balaban J connectivity index is 1.61. The van der Waals surface area contributed by atoms with Crippen molar-refractivity contribution in [3.05, 3.63) is 40.8 Å². The minimum absolute atomic E-state index is 0.138. The Morgan fingerprint density at radius 2 is 2.26 bits per heavy atom. The Labute approximate surface area is 144 Å². The number of rotatable bonds is 5. The maximum absolute atomic E-state index is 12.3. The molecule has 1 aliphatic heterocycles. The fraction of sp³-hybridized carbons (Fsp3) is 0.412. The van der Waals surface area contributed by atoms with E-state index in [2.05, 4.69) is 20.9 Å². The van der Waals surface area contributed by atoms with Crippen molar-refractivity contribution in [2.45, 2.75) is 31.7 Å². The van der Waals surface area contributed by atoms with Crippen molar-refractivity contribution in [1.29, 1.82) is 0 Å². The molecule has 0 radical (unpaired) electrons. The van der Waals surface area contributed by atoms with Crippen LogP contribution >= 0.6 is 15.9 Å². The molecule has 0 unspecified atom stereocenters. The lowest BCUT2D eigenvalue weighted by molar-refractivity contribution is -0.131. The highest BCUT2D eigenvalue weighted by atomic mass is 79.9. The molecule has 0 spiro atoms. The van der Waals surface area contributed by atoms with E-state index in [1.807, 2.05) is 29.2 Å². The van der Waals surface area contributed by atoms with Crippen LogP contribution in [-0.2, 0) is 11.2 Å². The number of benzene rings is 1. The molecule has 2 aromatic rings. The van der Waals surface area contributed by atoms with Crippen molar-refractivity contribution in [1.82, 2.24) is 9.88 Å². The molecule has 0 bridgehead atoms. The van der Waals surface area contributed by atoms with Crippen molar-refractivity contribution in [3.63, 3.8) is 0 Å². The van der Waals surface area contributed by atoms with Gasteiger partial charge in [-0.3, -0.25) is 4.79 Å². The number of aryl methyl sites for hydroxylation is 1. The summed E-state index contributed by atoms with van der Waals surface area (Å²) >= 11 is 3.50. The van der Waals surface area contributed by atoms with Crippen molar-refractivity contribution in [2.24, 2.45) is 5.73 Å². The highest BCUT2D eigenvalue weighted by molar-refractivity contribution is 9.10. The fourth-order valence-electron chi connectivity index (χ4n) is 2.98. The van der Waals surface area contributed by atoms with Gasteiger partial charge in [-0.2, -0.15) is 0 Å². The lowest BCUT2D eigenvalue weighted by Gasteiger charge is -2.23. The van der Waals surface area contributed by atoms with Gasteiger partial charge in [-0.1, -0.05) is 34.1 Å². The van der Waals surface area contributed by atoms with Crippen LogP contribution in [0.2, 0.25) is 0 Å². The highest BCUT2D eigenvalue weighted by Crippen LogP contribution is 2.28. The molecular weight excluding hydrogens is 358 g/mol. The predicted molar refractivity (Wildman–Crippen MR) is 91.7 cm³/mol. The first-order valence-corrected chi connectivity index (χ1v) is 8.67. The third-order valence-electron chi connectivity index (χ3n) is 4.22. The van der Waals surface area contributed by atoms with Crippen LogP contribution in [0, 0.1) is 0 Å². The number of amides is 1. The first kappa shape index (κ1) is 16.2. The van der Waals surface area contributed by atoms with Crippen LogP contribution in [0.5, 0.6) is 0 Å². The number of oxazole rings is 1. The van der Waals surface area contributed by atoms with Crippen LogP contribution in [0.3, 0.4) is 0 Å². The van der Waals surface area contributed by atoms with E-state index < -0.39 is 0 Å². The summed E-state index contributed by atoms with van der Waals surface area (Å²) in [5.41, 5.74) is 6.68. The van der Waals surface area contributed by atoms with Gasteiger partial charge >= 0.3 is 0 Å².